The van der Waals surface area contributed by atoms with Gasteiger partial charge in [-0.3, -0.25) is 0 Å². The summed E-state index contributed by atoms with van der Waals surface area (Å²) in [7, 11) is 0. The van der Waals surface area contributed by atoms with E-state index in [4.69, 9.17) is 0 Å². The molecule has 0 aromatic heterocycles. The first-order valence-electron chi connectivity index (χ1n) is 32.1. The molecule has 0 radical (unpaired) electrons. The molecule has 0 saturated heterocycles. The first-order chi connectivity index (χ1) is 44.1. The number of aryl methyl sites for hydroxylation is 1. The summed E-state index contributed by atoms with van der Waals surface area (Å²) >= 11 is 0. The van der Waals surface area contributed by atoms with Gasteiger partial charge >= 0.3 is 0 Å². The van der Waals surface area contributed by atoms with Crippen molar-refractivity contribution in [3.05, 3.63) is 336 Å². The van der Waals surface area contributed by atoms with Crippen LogP contribution in [0.3, 0.4) is 0 Å². The second kappa shape index (κ2) is 21.1. The van der Waals surface area contributed by atoms with Gasteiger partial charge in [0.2, 0.25) is 0 Å². The predicted octanol–water partition coefficient (Wildman–Crippen LogP) is 24.0. The van der Waals surface area contributed by atoms with Gasteiger partial charge in [-0.1, -0.05) is 246 Å². The van der Waals surface area contributed by atoms with Gasteiger partial charge in [0.25, 0.3) is 0 Å². The quantitative estimate of drug-likeness (QED) is 0.126. The lowest BCUT2D eigenvalue weighted by Gasteiger charge is -2.30. The molecule has 0 bridgehead atoms. The largest absolute Gasteiger partial charge is 0.311 e. The molecular weight excluding hydrogens is 1080 g/mol. The SMILES string of the molecule is CC1(C)c2ccccc2-c2ccc(-c3ccc(N(c4ccccc4)c4ccc5c(-c6ccc7ccccc7c6)c6cc(N(C7=CCC(c8ccc9c(c8)C(C)(C)c8ccccc8-9)C=C7)c7ccccc7)ccc6c(-c6ccc7c(c6)CCC=C7)c5c4)cc3)cc21. The van der Waals surface area contributed by atoms with Crippen LogP contribution < -0.4 is 9.80 Å². The van der Waals surface area contributed by atoms with E-state index in [0.29, 0.717) is 0 Å². The first kappa shape index (κ1) is 53.7. The Morgan fingerprint density at radius 2 is 0.878 bits per heavy atom. The van der Waals surface area contributed by atoms with E-state index in [1.807, 2.05) is 0 Å². The Labute approximate surface area is 528 Å². The second-order valence-electron chi connectivity index (χ2n) is 26.3. The molecule has 4 aliphatic carbocycles. The van der Waals surface area contributed by atoms with Gasteiger partial charge in [-0.15, -0.1) is 0 Å². The number of benzene rings is 13. The summed E-state index contributed by atoms with van der Waals surface area (Å²) < 4.78 is 0. The van der Waals surface area contributed by atoms with E-state index < -0.39 is 0 Å². The number of nitrogens with zero attached hydrogens (tertiary/aromatic N) is 2. The standard InChI is InChI=1S/C88H68N2/c1-87(2)81-29-17-15-27-73(81)75-47-39-63(53-83(75)87)59-35-41-69(42-36-59)89(67-23-7-5-8-24-67)71-45-49-77-79(55-71)85(65-33-31-57-19-11-13-21-61(57)51-65)78-50-46-72(56-80(78)86(77)66-34-32-58-20-12-14-22-62(58)52-66)90(68-25-9-6-10-26-68)70-43-37-60(38-44-70)64-40-48-76-74-28-16-18-30-82(74)88(3,4)84(76)54-64/h5-13,15-21,23-35,37-56,59H,14,22,36H2,1-4H3. The summed E-state index contributed by atoms with van der Waals surface area (Å²) in [6.45, 7) is 9.49. The number of hydrogen-bond donors (Lipinski definition) is 0. The maximum absolute atomic E-state index is 2.49. The monoisotopic (exact) mass is 1150 g/mol. The van der Waals surface area contributed by atoms with Crippen molar-refractivity contribution >= 4 is 66.8 Å². The minimum atomic E-state index is -0.0762. The molecule has 13 aromatic carbocycles. The highest BCUT2D eigenvalue weighted by atomic mass is 15.1. The normalized spacial score (nSPS) is 15.5. The van der Waals surface area contributed by atoms with Crippen LogP contribution in [0.2, 0.25) is 0 Å². The first-order valence-corrected chi connectivity index (χ1v) is 32.1. The Hall–Kier alpha value is -10.5. The number of allylic oxidation sites excluding steroid dienone is 4. The van der Waals surface area contributed by atoms with Crippen molar-refractivity contribution in [3.8, 4) is 55.6 Å². The van der Waals surface area contributed by atoms with Crippen molar-refractivity contribution in [2.45, 2.75) is 63.7 Å². The van der Waals surface area contributed by atoms with Gasteiger partial charge < -0.3 is 9.80 Å². The lowest BCUT2D eigenvalue weighted by atomic mass is 9.80. The van der Waals surface area contributed by atoms with Crippen LogP contribution in [0.5, 0.6) is 0 Å². The Morgan fingerprint density at radius 3 is 1.54 bits per heavy atom. The van der Waals surface area contributed by atoms with E-state index in [0.717, 1.165) is 47.7 Å². The topological polar surface area (TPSA) is 6.48 Å². The highest BCUT2D eigenvalue weighted by Gasteiger charge is 2.37. The molecule has 0 heterocycles. The summed E-state index contributed by atoms with van der Waals surface area (Å²) in [5.74, 6) is 0.262. The van der Waals surface area contributed by atoms with Crippen LogP contribution in [-0.4, -0.2) is 0 Å². The maximum Gasteiger partial charge on any atom is 0.0468 e. The molecule has 4 aliphatic rings. The summed E-state index contributed by atoms with van der Waals surface area (Å²) in [6, 6.07) is 101. The molecule has 0 saturated carbocycles. The fourth-order valence-electron chi connectivity index (χ4n) is 15.7. The number of fused-ring (bicyclic) bond motifs is 10. The molecule has 0 amide bonds. The Kier molecular flexibility index (Phi) is 12.6. The van der Waals surface area contributed by atoms with E-state index in [2.05, 4.69) is 335 Å². The highest BCUT2D eigenvalue weighted by Crippen LogP contribution is 2.53. The van der Waals surface area contributed by atoms with Gasteiger partial charge in [0.1, 0.15) is 0 Å². The predicted molar refractivity (Wildman–Crippen MR) is 382 cm³/mol. The lowest BCUT2D eigenvalue weighted by Crippen LogP contribution is -2.18. The molecular formula is C88H68N2. The Balaban J connectivity index is 0.831. The average molecular weight is 1150 g/mol. The van der Waals surface area contributed by atoms with E-state index in [-0.39, 0.29) is 16.7 Å². The minimum absolute atomic E-state index is 0.0512. The van der Waals surface area contributed by atoms with Gasteiger partial charge in [0.05, 0.1) is 0 Å². The van der Waals surface area contributed by atoms with Gasteiger partial charge in [-0.2, -0.15) is 0 Å². The van der Waals surface area contributed by atoms with Crippen LogP contribution in [0.15, 0.2) is 297 Å². The number of para-hydroxylation sites is 2. The van der Waals surface area contributed by atoms with E-state index in [1.54, 1.807) is 0 Å². The molecule has 0 aliphatic heterocycles. The third-order valence-electron chi connectivity index (χ3n) is 20.4. The molecule has 430 valence electrons. The Bertz CT molecular complexity index is 5150. The fraction of sp³-hybridized carbons (Fsp3) is 0.114. The second-order valence-corrected chi connectivity index (χ2v) is 26.3. The van der Waals surface area contributed by atoms with Gasteiger partial charge in [0, 0.05) is 50.9 Å². The lowest BCUT2D eigenvalue weighted by molar-refractivity contribution is 0.658. The van der Waals surface area contributed by atoms with Gasteiger partial charge in [-0.05, 0) is 225 Å². The zero-order chi connectivity index (χ0) is 60.2. The molecule has 1 atom stereocenters. The molecule has 0 fully saturated rings. The van der Waals surface area contributed by atoms with E-state index in [9.17, 15) is 0 Å². The Morgan fingerprint density at radius 1 is 0.356 bits per heavy atom. The number of anilines is 5. The number of rotatable bonds is 10. The maximum atomic E-state index is 2.49. The van der Waals surface area contributed by atoms with Crippen molar-refractivity contribution in [2.75, 3.05) is 9.80 Å². The molecule has 13 aromatic rings. The molecule has 2 nitrogen and oxygen atoms in total. The number of hydrogen-bond acceptors (Lipinski definition) is 2. The van der Waals surface area contributed by atoms with Crippen molar-refractivity contribution < 1.29 is 0 Å². The van der Waals surface area contributed by atoms with Crippen LogP contribution in [0.25, 0.3) is 94.0 Å². The summed E-state index contributed by atoms with van der Waals surface area (Å²) in [5.41, 5.74) is 29.0. The molecule has 0 spiro atoms. The van der Waals surface area contributed by atoms with E-state index >= 15 is 0 Å². The zero-order valence-corrected chi connectivity index (χ0v) is 51.4. The minimum Gasteiger partial charge on any atom is -0.311 e. The van der Waals surface area contributed by atoms with Crippen LogP contribution in [0, 0.1) is 0 Å². The molecule has 90 heavy (non-hydrogen) atoms. The summed E-state index contributed by atoms with van der Waals surface area (Å²) in [6.07, 6.45) is 14.9. The van der Waals surface area contributed by atoms with Crippen molar-refractivity contribution in [3.63, 3.8) is 0 Å². The zero-order valence-electron chi connectivity index (χ0n) is 51.4. The van der Waals surface area contributed by atoms with Crippen molar-refractivity contribution in [1.29, 1.82) is 0 Å². The van der Waals surface area contributed by atoms with Crippen molar-refractivity contribution in [1.82, 2.24) is 0 Å². The van der Waals surface area contributed by atoms with Gasteiger partial charge in [0.15, 0.2) is 0 Å². The fourth-order valence-corrected chi connectivity index (χ4v) is 15.7. The third-order valence-corrected chi connectivity index (χ3v) is 20.4. The van der Waals surface area contributed by atoms with Crippen LogP contribution in [0.4, 0.5) is 28.4 Å². The van der Waals surface area contributed by atoms with Crippen LogP contribution in [-0.2, 0) is 17.3 Å². The smallest absolute Gasteiger partial charge is 0.0468 e. The van der Waals surface area contributed by atoms with Crippen molar-refractivity contribution in [2.24, 2.45) is 0 Å². The van der Waals surface area contributed by atoms with E-state index in [1.165, 1.54) is 133 Å². The van der Waals surface area contributed by atoms with Gasteiger partial charge in [-0.25, -0.2) is 0 Å². The molecule has 17 rings (SSSR count). The third kappa shape index (κ3) is 8.75. The molecule has 0 N–H and O–H groups in total. The summed E-state index contributed by atoms with van der Waals surface area (Å²) in [5, 5.41) is 7.30. The van der Waals surface area contributed by atoms with Crippen LogP contribution >= 0.6 is 0 Å². The summed E-state index contributed by atoms with van der Waals surface area (Å²) in [4.78, 5) is 4.91. The molecule has 1 unspecified atom stereocenters. The average Bonchev–Trinajstić information content (AvgIpc) is 1.37. The highest BCUT2D eigenvalue weighted by molar-refractivity contribution is 6.23. The van der Waals surface area contributed by atoms with Crippen LogP contribution in [0.1, 0.15) is 85.4 Å². The molecule has 2 heteroatoms.